The molecule has 0 aliphatic carbocycles. The number of benzene rings is 1. The van der Waals surface area contributed by atoms with Crippen LogP contribution in [0.4, 0.5) is 4.39 Å². The summed E-state index contributed by atoms with van der Waals surface area (Å²) in [5.74, 6) is -4.34. The van der Waals surface area contributed by atoms with Gasteiger partial charge in [-0.3, -0.25) is 19.2 Å². The van der Waals surface area contributed by atoms with E-state index in [0.29, 0.717) is 25.8 Å². The van der Waals surface area contributed by atoms with Crippen LogP contribution in [0.3, 0.4) is 0 Å². The third-order valence-electron chi connectivity index (χ3n) is 10.7. The SMILES string of the molecule is CC[C@H](C)[C@@H](C(CC(=O)N1CCC[C@H]1[C@H](OC)[C@@H](C)C(=O)N[C@@H](Cc1ccccc1F)C(=O)O)OC)N(C)C(=O)[C@@H](NC(=O)[C@@H](NC)C(C)C)C(C)C. The van der Waals surface area contributed by atoms with Crippen LogP contribution in [0.1, 0.15) is 79.7 Å². The number of hydrogen-bond donors (Lipinski definition) is 4. The van der Waals surface area contributed by atoms with E-state index in [4.69, 9.17) is 9.47 Å². The molecule has 0 saturated carbocycles. The molecule has 53 heavy (non-hydrogen) atoms. The molecule has 1 aliphatic heterocycles. The summed E-state index contributed by atoms with van der Waals surface area (Å²) >= 11 is 0. The van der Waals surface area contributed by atoms with Crippen LogP contribution in [-0.2, 0) is 39.9 Å². The maximum Gasteiger partial charge on any atom is 0.326 e. The molecule has 0 spiro atoms. The molecule has 1 unspecified atom stereocenters. The minimum Gasteiger partial charge on any atom is -0.480 e. The fourth-order valence-electron chi connectivity index (χ4n) is 7.44. The molecule has 4 N–H and O–H groups in total. The van der Waals surface area contributed by atoms with Crippen molar-refractivity contribution in [2.45, 2.75) is 123 Å². The highest BCUT2D eigenvalue weighted by Crippen LogP contribution is 2.30. The molecular weight excluding hydrogens is 685 g/mol. The van der Waals surface area contributed by atoms with Crippen molar-refractivity contribution in [2.75, 3.05) is 34.9 Å². The Morgan fingerprint density at radius 1 is 0.962 bits per heavy atom. The van der Waals surface area contributed by atoms with Crippen LogP contribution in [0.25, 0.3) is 0 Å². The largest absolute Gasteiger partial charge is 0.480 e. The monoisotopic (exact) mass is 749 g/mol. The van der Waals surface area contributed by atoms with Gasteiger partial charge in [-0.25, -0.2) is 9.18 Å². The van der Waals surface area contributed by atoms with E-state index in [0.717, 1.165) is 0 Å². The molecule has 4 amide bonds. The topological polar surface area (TPSA) is 167 Å². The lowest BCUT2D eigenvalue weighted by molar-refractivity contribution is -0.148. The first-order valence-corrected chi connectivity index (χ1v) is 18.8. The fourth-order valence-corrected chi connectivity index (χ4v) is 7.44. The van der Waals surface area contributed by atoms with E-state index in [1.54, 1.807) is 36.9 Å². The van der Waals surface area contributed by atoms with Crippen molar-refractivity contribution in [3.8, 4) is 0 Å². The summed E-state index contributed by atoms with van der Waals surface area (Å²) in [5, 5.41) is 18.4. The first kappa shape index (κ1) is 45.5. The lowest BCUT2D eigenvalue weighted by Gasteiger charge is -2.41. The Kier molecular flexibility index (Phi) is 18.3. The van der Waals surface area contributed by atoms with Crippen LogP contribution in [0.15, 0.2) is 24.3 Å². The van der Waals surface area contributed by atoms with E-state index in [9.17, 15) is 33.5 Å². The van der Waals surface area contributed by atoms with E-state index in [2.05, 4.69) is 16.0 Å². The zero-order valence-corrected chi connectivity index (χ0v) is 33.5. The first-order valence-electron chi connectivity index (χ1n) is 18.8. The van der Waals surface area contributed by atoms with E-state index in [1.807, 2.05) is 41.5 Å². The Labute approximate surface area is 315 Å². The summed E-state index contributed by atoms with van der Waals surface area (Å²) in [6.45, 7) is 13.7. The van der Waals surface area contributed by atoms with Crippen molar-refractivity contribution in [1.29, 1.82) is 0 Å². The number of ether oxygens (including phenoxy) is 2. The lowest BCUT2D eigenvalue weighted by atomic mass is 9.89. The molecule has 300 valence electrons. The van der Waals surface area contributed by atoms with E-state index >= 15 is 0 Å². The predicted octanol–water partition coefficient (Wildman–Crippen LogP) is 3.24. The molecule has 9 atom stereocenters. The van der Waals surface area contributed by atoms with Crippen molar-refractivity contribution >= 4 is 29.6 Å². The molecule has 1 fully saturated rings. The second-order valence-electron chi connectivity index (χ2n) is 15.0. The summed E-state index contributed by atoms with van der Waals surface area (Å²) < 4.78 is 26.1. The van der Waals surface area contributed by atoms with Crippen molar-refractivity contribution in [1.82, 2.24) is 25.8 Å². The van der Waals surface area contributed by atoms with Crippen LogP contribution >= 0.6 is 0 Å². The number of methoxy groups -OCH3 is 2. The molecule has 1 saturated heterocycles. The number of aliphatic carboxylic acids is 1. The molecule has 1 aromatic carbocycles. The quantitative estimate of drug-likeness (QED) is 0.148. The van der Waals surface area contributed by atoms with Gasteiger partial charge in [-0.2, -0.15) is 0 Å². The number of likely N-dealkylation sites (tertiary alicyclic amines) is 1. The number of hydrogen-bond acceptors (Lipinski definition) is 8. The summed E-state index contributed by atoms with van der Waals surface area (Å²) in [5.41, 5.74) is 0.164. The average molecular weight is 750 g/mol. The van der Waals surface area contributed by atoms with Crippen LogP contribution < -0.4 is 16.0 Å². The van der Waals surface area contributed by atoms with Gasteiger partial charge in [0.1, 0.15) is 17.9 Å². The second kappa shape index (κ2) is 21.3. The van der Waals surface area contributed by atoms with Crippen LogP contribution in [0.2, 0.25) is 0 Å². The number of nitrogens with one attached hydrogen (secondary N) is 3. The number of nitrogens with zero attached hydrogens (tertiary/aromatic N) is 2. The van der Waals surface area contributed by atoms with Gasteiger partial charge in [-0.15, -0.1) is 0 Å². The zero-order chi connectivity index (χ0) is 40.2. The zero-order valence-electron chi connectivity index (χ0n) is 33.5. The number of amides is 4. The first-order chi connectivity index (χ1) is 24.9. The number of likely N-dealkylation sites (N-methyl/N-ethyl adjacent to an activating group) is 2. The maximum atomic E-state index is 14.3. The van der Waals surface area contributed by atoms with Gasteiger partial charge in [0.2, 0.25) is 23.6 Å². The summed E-state index contributed by atoms with van der Waals surface area (Å²) in [4.78, 5) is 70.2. The van der Waals surface area contributed by atoms with Crippen LogP contribution in [0.5, 0.6) is 0 Å². The van der Waals surface area contributed by atoms with Gasteiger partial charge in [-0.1, -0.05) is 73.1 Å². The standard InChI is InChI=1S/C39H64FN5O8/c1-12-24(6)34(44(9)38(49)33(23(4)5)43-37(48)32(41-8)22(2)3)30(52-10)21-31(46)45-19-15-18-29(45)35(53-11)25(7)36(47)42-28(39(50)51)20-26-16-13-14-17-27(26)40/h13-14,16-17,22-25,28-30,32-35,41H,12,15,18-21H2,1-11H3,(H,42,47)(H,43,48)(H,50,51)/t24-,25+,28-,29-,30?,32-,33-,34-,35+/m0/s1. The summed E-state index contributed by atoms with van der Waals surface area (Å²) in [7, 11) is 6.36. The summed E-state index contributed by atoms with van der Waals surface area (Å²) in [6, 6.07) is 2.18. The van der Waals surface area contributed by atoms with E-state index in [1.165, 1.54) is 32.4 Å². The average Bonchev–Trinajstić information content (AvgIpc) is 3.60. The number of halogens is 1. The van der Waals surface area contributed by atoms with E-state index < -0.39 is 66.0 Å². The molecule has 2 rings (SSSR count). The normalized spacial score (nSPS) is 19.1. The predicted molar refractivity (Wildman–Crippen MR) is 200 cm³/mol. The molecule has 0 bridgehead atoms. The van der Waals surface area contributed by atoms with Gasteiger partial charge < -0.3 is 40.3 Å². The van der Waals surface area contributed by atoms with Crippen LogP contribution in [-0.4, -0.2) is 122 Å². The Hall–Kier alpha value is -3.62. The second-order valence-corrected chi connectivity index (χ2v) is 15.0. The molecule has 0 aromatic heterocycles. The number of carbonyl (C=O) groups is 5. The fraction of sp³-hybridized carbons (Fsp3) is 0.718. The minimum atomic E-state index is -1.37. The molecule has 13 nitrogen and oxygen atoms in total. The Bertz CT molecular complexity index is 1380. The molecule has 14 heteroatoms. The lowest BCUT2D eigenvalue weighted by Crippen LogP contribution is -2.59. The molecular formula is C39H64FN5O8. The molecule has 0 radical (unpaired) electrons. The van der Waals surface area contributed by atoms with Gasteiger partial charge >= 0.3 is 5.97 Å². The highest BCUT2D eigenvalue weighted by atomic mass is 19.1. The van der Waals surface area contributed by atoms with Gasteiger partial charge in [-0.05, 0) is 49.3 Å². The van der Waals surface area contributed by atoms with Crippen molar-refractivity contribution in [3.05, 3.63) is 35.6 Å². The number of rotatable bonds is 21. The molecule has 1 aromatic rings. The Balaban J connectivity index is 2.27. The van der Waals surface area contributed by atoms with Crippen molar-refractivity contribution in [3.63, 3.8) is 0 Å². The maximum absolute atomic E-state index is 14.3. The highest BCUT2D eigenvalue weighted by molar-refractivity contribution is 5.90. The summed E-state index contributed by atoms with van der Waals surface area (Å²) in [6.07, 6.45) is 0.190. The Morgan fingerprint density at radius 2 is 1.58 bits per heavy atom. The third kappa shape index (κ3) is 11.9. The van der Waals surface area contributed by atoms with Gasteiger partial charge in [0.05, 0.1) is 42.7 Å². The third-order valence-corrected chi connectivity index (χ3v) is 10.7. The smallest absolute Gasteiger partial charge is 0.326 e. The van der Waals surface area contributed by atoms with Gasteiger partial charge in [0, 0.05) is 34.2 Å². The molecule has 1 heterocycles. The van der Waals surface area contributed by atoms with Crippen LogP contribution in [0, 0.1) is 29.5 Å². The molecule has 1 aliphatic rings. The van der Waals surface area contributed by atoms with Crippen molar-refractivity contribution in [2.24, 2.45) is 23.7 Å². The number of carbonyl (C=O) groups excluding carboxylic acids is 4. The number of carboxylic acids is 1. The van der Waals surface area contributed by atoms with Crippen molar-refractivity contribution < 1.29 is 42.9 Å². The minimum absolute atomic E-state index is 0.00844. The van der Waals surface area contributed by atoms with E-state index in [-0.39, 0.29) is 53.9 Å². The highest BCUT2D eigenvalue weighted by Gasteiger charge is 2.43. The van der Waals surface area contributed by atoms with Gasteiger partial charge in [0.15, 0.2) is 0 Å². The number of carboxylic acid groups (broad SMARTS) is 1. The Morgan fingerprint density at radius 3 is 2.09 bits per heavy atom. The van der Waals surface area contributed by atoms with Gasteiger partial charge in [0.25, 0.3) is 0 Å².